The number of nitrogens with zero attached hydrogens (tertiary/aromatic N) is 1. The molecule has 4 N–H and O–H groups in total. The molecule has 0 radical (unpaired) electrons. The topological polar surface area (TPSA) is 99.1 Å². The average Bonchev–Trinajstić information content (AvgIpc) is 2.00. The van der Waals surface area contributed by atoms with E-state index in [0.29, 0.717) is 0 Å². The molecule has 1 aromatic rings. The molecular weight excluding hydrogens is 228 g/mol. The van der Waals surface area contributed by atoms with Crippen molar-refractivity contribution in [1.82, 2.24) is 4.98 Å². The van der Waals surface area contributed by atoms with Crippen molar-refractivity contribution in [3.63, 3.8) is 0 Å². The first kappa shape index (κ1) is 11.8. The molecule has 5 nitrogen and oxygen atoms in total. The number of aryl methyl sites for hydroxylation is 1. The number of sulfonamides is 1. The zero-order valence-corrected chi connectivity index (χ0v) is 8.55. The lowest BCUT2D eigenvalue weighted by Crippen LogP contribution is -2.16. The Morgan fingerprint density at radius 3 is 2.40 bits per heavy atom. The van der Waals surface area contributed by atoms with E-state index in [-0.39, 0.29) is 11.5 Å². The number of aromatic nitrogens is 1. The summed E-state index contributed by atoms with van der Waals surface area (Å²) in [6, 6.07) is 0.748. The standard InChI is InChI=1S/C7H9F2N3O2S/c1-3-4(6(8)9)2-5(7(10)12-3)15(11,13)14/h2,6H,1H3,(H2,10,12)(H2,11,13,14). The summed E-state index contributed by atoms with van der Waals surface area (Å²) in [5, 5.41) is 4.78. The van der Waals surface area contributed by atoms with Crippen LogP contribution in [0.5, 0.6) is 0 Å². The Bertz CT molecular complexity index is 487. The van der Waals surface area contributed by atoms with Crippen molar-refractivity contribution in [3.05, 3.63) is 17.3 Å². The van der Waals surface area contributed by atoms with Gasteiger partial charge in [-0.05, 0) is 13.0 Å². The van der Waals surface area contributed by atoms with Gasteiger partial charge in [0.25, 0.3) is 6.43 Å². The van der Waals surface area contributed by atoms with Crippen molar-refractivity contribution >= 4 is 15.8 Å². The number of nitrogen functional groups attached to an aromatic ring is 1. The lowest BCUT2D eigenvalue weighted by Gasteiger charge is -2.08. The zero-order valence-electron chi connectivity index (χ0n) is 7.74. The van der Waals surface area contributed by atoms with Gasteiger partial charge in [-0.1, -0.05) is 0 Å². The Morgan fingerprint density at radius 2 is 2.00 bits per heavy atom. The molecule has 0 aliphatic heterocycles. The molecule has 0 aliphatic rings. The minimum Gasteiger partial charge on any atom is -0.383 e. The third-order valence-corrected chi connectivity index (χ3v) is 2.73. The molecule has 0 unspecified atom stereocenters. The maximum Gasteiger partial charge on any atom is 0.265 e. The van der Waals surface area contributed by atoms with Crippen molar-refractivity contribution in [2.75, 3.05) is 5.73 Å². The molecule has 15 heavy (non-hydrogen) atoms. The van der Waals surface area contributed by atoms with Gasteiger partial charge in [0.15, 0.2) is 0 Å². The van der Waals surface area contributed by atoms with Crippen LogP contribution in [0.15, 0.2) is 11.0 Å². The third-order valence-electron chi connectivity index (χ3n) is 1.79. The molecule has 0 fully saturated rings. The Hall–Kier alpha value is -1.28. The Morgan fingerprint density at radius 1 is 1.47 bits per heavy atom. The monoisotopic (exact) mass is 237 g/mol. The highest BCUT2D eigenvalue weighted by Crippen LogP contribution is 2.26. The van der Waals surface area contributed by atoms with E-state index in [4.69, 9.17) is 10.9 Å². The van der Waals surface area contributed by atoms with Gasteiger partial charge < -0.3 is 5.73 Å². The van der Waals surface area contributed by atoms with E-state index in [1.54, 1.807) is 0 Å². The largest absolute Gasteiger partial charge is 0.383 e. The van der Waals surface area contributed by atoms with Crippen LogP contribution >= 0.6 is 0 Å². The number of primary sulfonamides is 1. The van der Waals surface area contributed by atoms with E-state index in [0.717, 1.165) is 6.07 Å². The first-order valence-corrected chi connectivity index (χ1v) is 5.36. The Labute approximate surface area is 85.2 Å². The summed E-state index contributed by atoms with van der Waals surface area (Å²) >= 11 is 0. The van der Waals surface area contributed by atoms with Crippen LogP contribution in [0.3, 0.4) is 0 Å². The van der Waals surface area contributed by atoms with Crippen LogP contribution in [0.4, 0.5) is 14.6 Å². The Kier molecular flexibility index (Phi) is 2.91. The minimum atomic E-state index is -4.13. The maximum atomic E-state index is 12.4. The zero-order chi connectivity index (χ0) is 11.8. The molecule has 8 heteroatoms. The van der Waals surface area contributed by atoms with Crippen LogP contribution in [0, 0.1) is 6.92 Å². The molecule has 0 amide bonds. The van der Waals surface area contributed by atoms with Gasteiger partial charge in [-0.3, -0.25) is 0 Å². The number of pyridine rings is 1. The number of alkyl halides is 2. The summed E-state index contributed by atoms with van der Waals surface area (Å²) in [5.74, 6) is -0.376. The highest BCUT2D eigenvalue weighted by molar-refractivity contribution is 7.89. The number of halogens is 2. The second-order valence-corrected chi connectivity index (χ2v) is 4.42. The number of rotatable bonds is 2. The quantitative estimate of drug-likeness (QED) is 0.784. The maximum absolute atomic E-state index is 12.4. The SMILES string of the molecule is Cc1nc(N)c(S(N)(=O)=O)cc1C(F)F. The smallest absolute Gasteiger partial charge is 0.265 e. The summed E-state index contributed by atoms with van der Waals surface area (Å²) in [4.78, 5) is 2.92. The molecule has 1 aromatic heterocycles. The molecular formula is C7H9F2N3O2S. The summed E-state index contributed by atoms with van der Waals surface area (Å²) < 4.78 is 46.7. The first-order chi connectivity index (χ1) is 6.73. The van der Waals surface area contributed by atoms with Crippen LogP contribution < -0.4 is 10.9 Å². The molecule has 0 saturated heterocycles. The van der Waals surface area contributed by atoms with E-state index in [2.05, 4.69) is 4.98 Å². The molecule has 0 spiro atoms. The van der Waals surface area contributed by atoms with Crippen LogP contribution in [-0.2, 0) is 10.0 Å². The number of nitrogens with two attached hydrogens (primary N) is 2. The summed E-state index contributed by atoms with van der Waals surface area (Å²) in [7, 11) is -4.13. The van der Waals surface area contributed by atoms with Crippen LogP contribution in [0.25, 0.3) is 0 Å². The van der Waals surface area contributed by atoms with Crippen LogP contribution in [0.2, 0.25) is 0 Å². The van der Waals surface area contributed by atoms with Gasteiger partial charge in [0.05, 0.1) is 0 Å². The van der Waals surface area contributed by atoms with Gasteiger partial charge in [0, 0.05) is 11.3 Å². The van der Waals surface area contributed by atoms with Gasteiger partial charge in [0.2, 0.25) is 10.0 Å². The molecule has 0 bridgehead atoms. The second-order valence-electron chi connectivity index (χ2n) is 2.89. The normalized spacial score (nSPS) is 12.1. The molecule has 84 valence electrons. The minimum absolute atomic E-state index is 0.0186. The van der Waals surface area contributed by atoms with Gasteiger partial charge in [-0.2, -0.15) is 0 Å². The molecule has 1 rings (SSSR count). The molecule has 0 atom stereocenters. The summed E-state index contributed by atoms with van der Waals surface area (Å²) in [6.07, 6.45) is -2.82. The van der Waals surface area contributed by atoms with E-state index in [9.17, 15) is 17.2 Å². The van der Waals surface area contributed by atoms with Crippen molar-refractivity contribution in [2.45, 2.75) is 18.2 Å². The number of hydrogen-bond donors (Lipinski definition) is 2. The van der Waals surface area contributed by atoms with Gasteiger partial charge in [-0.25, -0.2) is 27.3 Å². The predicted molar refractivity (Wildman–Crippen MR) is 49.7 cm³/mol. The lowest BCUT2D eigenvalue weighted by molar-refractivity contribution is 0.150. The summed E-state index contributed by atoms with van der Waals surface area (Å²) in [6.45, 7) is 1.31. The first-order valence-electron chi connectivity index (χ1n) is 3.81. The van der Waals surface area contributed by atoms with E-state index in [1.165, 1.54) is 6.92 Å². The molecule has 0 aliphatic carbocycles. The van der Waals surface area contributed by atoms with E-state index in [1.807, 2.05) is 0 Å². The van der Waals surface area contributed by atoms with Gasteiger partial charge >= 0.3 is 0 Å². The van der Waals surface area contributed by atoms with E-state index < -0.39 is 26.9 Å². The fourth-order valence-corrected chi connectivity index (χ4v) is 1.70. The van der Waals surface area contributed by atoms with Crippen molar-refractivity contribution < 1.29 is 17.2 Å². The second kappa shape index (κ2) is 3.70. The van der Waals surface area contributed by atoms with Gasteiger partial charge in [0.1, 0.15) is 10.7 Å². The Balaban J connectivity index is 3.50. The summed E-state index contributed by atoms with van der Waals surface area (Å²) in [5.41, 5.74) is 4.75. The molecule has 0 aromatic carbocycles. The number of anilines is 1. The lowest BCUT2D eigenvalue weighted by atomic mass is 10.2. The molecule has 1 heterocycles. The molecule has 0 saturated carbocycles. The predicted octanol–water partition coefficient (Wildman–Crippen LogP) is 0.557. The highest BCUT2D eigenvalue weighted by Gasteiger charge is 2.20. The average molecular weight is 237 g/mol. The van der Waals surface area contributed by atoms with Gasteiger partial charge in [-0.15, -0.1) is 0 Å². The van der Waals surface area contributed by atoms with E-state index >= 15 is 0 Å². The third kappa shape index (κ3) is 2.39. The van der Waals surface area contributed by atoms with Crippen LogP contribution in [-0.4, -0.2) is 13.4 Å². The fourth-order valence-electron chi connectivity index (χ4n) is 1.07. The number of hydrogen-bond acceptors (Lipinski definition) is 4. The van der Waals surface area contributed by atoms with Crippen LogP contribution in [0.1, 0.15) is 17.7 Å². The highest BCUT2D eigenvalue weighted by atomic mass is 32.2. The van der Waals surface area contributed by atoms with Crippen molar-refractivity contribution in [3.8, 4) is 0 Å². The van der Waals surface area contributed by atoms with Crippen molar-refractivity contribution in [1.29, 1.82) is 0 Å². The van der Waals surface area contributed by atoms with Crippen molar-refractivity contribution in [2.24, 2.45) is 5.14 Å². The fraction of sp³-hybridized carbons (Fsp3) is 0.286.